The summed E-state index contributed by atoms with van der Waals surface area (Å²) in [5, 5.41) is 2.33. The van der Waals surface area contributed by atoms with E-state index in [1.54, 1.807) is 0 Å². The molecule has 0 radical (unpaired) electrons. The Kier molecular flexibility index (Phi) is 3.68. The van der Waals surface area contributed by atoms with Gasteiger partial charge in [-0.3, -0.25) is 0 Å². The van der Waals surface area contributed by atoms with E-state index >= 15 is 0 Å². The Hall–Kier alpha value is -1.80. The number of halogens is 1. The summed E-state index contributed by atoms with van der Waals surface area (Å²) in [5.41, 5.74) is 3.03. The molecule has 2 aromatic rings. The molecular formula is C15H13ClO2. The third-order valence-corrected chi connectivity index (χ3v) is 3.01. The smallest absolute Gasteiger partial charge is 0.344 e. The summed E-state index contributed by atoms with van der Waals surface area (Å²) in [5.74, 6) is -0.557. The second kappa shape index (κ2) is 5.23. The summed E-state index contributed by atoms with van der Waals surface area (Å²) < 4.78 is 4.10. The third-order valence-electron chi connectivity index (χ3n) is 2.86. The minimum atomic E-state index is -0.557. The average Bonchev–Trinajstić information content (AvgIpc) is 2.37. The van der Waals surface area contributed by atoms with Gasteiger partial charge in [-0.05, 0) is 41.8 Å². The lowest BCUT2D eigenvalue weighted by Crippen LogP contribution is -1.92. The summed E-state index contributed by atoms with van der Waals surface area (Å²) in [6.45, 7) is 3.91. The first-order valence-electron chi connectivity index (χ1n) is 5.62. The molecule has 0 bridgehead atoms. The van der Waals surface area contributed by atoms with Crippen molar-refractivity contribution in [2.24, 2.45) is 0 Å². The number of hydrogen-bond donors (Lipinski definition) is 0. The van der Waals surface area contributed by atoms with Gasteiger partial charge in [0, 0.05) is 6.08 Å². The van der Waals surface area contributed by atoms with Crippen LogP contribution in [0.1, 0.15) is 18.1 Å². The van der Waals surface area contributed by atoms with Gasteiger partial charge in [0.25, 0.3) is 0 Å². The van der Waals surface area contributed by atoms with Crippen LogP contribution < -0.4 is 0 Å². The van der Waals surface area contributed by atoms with Crippen molar-refractivity contribution in [2.45, 2.75) is 13.8 Å². The Labute approximate surface area is 111 Å². The summed E-state index contributed by atoms with van der Waals surface area (Å²) >= 11 is 5.00. The highest BCUT2D eigenvalue weighted by Crippen LogP contribution is 2.22. The summed E-state index contributed by atoms with van der Waals surface area (Å²) in [4.78, 5) is 11.1. The molecule has 0 fully saturated rings. The largest absolute Gasteiger partial charge is 0.349 e. The maximum Gasteiger partial charge on any atom is 0.349 e. The molecule has 0 N–H and O–H groups in total. The molecule has 0 aliphatic carbocycles. The summed E-state index contributed by atoms with van der Waals surface area (Å²) in [7, 11) is 0. The number of carbonyl (C=O) groups is 1. The molecule has 0 atom stereocenters. The second-order valence-electron chi connectivity index (χ2n) is 4.29. The summed E-state index contributed by atoms with van der Waals surface area (Å²) in [6.07, 6.45) is 1.38. The zero-order valence-corrected chi connectivity index (χ0v) is 11.0. The van der Waals surface area contributed by atoms with Crippen LogP contribution in [0, 0.1) is 6.92 Å². The van der Waals surface area contributed by atoms with Gasteiger partial charge in [0.05, 0.1) is 0 Å². The Morgan fingerprint density at radius 2 is 1.83 bits per heavy atom. The van der Waals surface area contributed by atoms with E-state index in [4.69, 9.17) is 11.9 Å². The van der Waals surface area contributed by atoms with Crippen LogP contribution >= 0.6 is 11.9 Å². The van der Waals surface area contributed by atoms with Gasteiger partial charge in [0.2, 0.25) is 0 Å². The predicted octanol–water partition coefficient (Wildman–Crippen LogP) is 4.25. The van der Waals surface area contributed by atoms with Crippen LogP contribution in [-0.4, -0.2) is 5.97 Å². The van der Waals surface area contributed by atoms with Gasteiger partial charge < -0.3 is 4.29 Å². The van der Waals surface area contributed by atoms with Crippen molar-refractivity contribution in [2.75, 3.05) is 0 Å². The first-order valence-corrected chi connectivity index (χ1v) is 5.92. The van der Waals surface area contributed by atoms with Gasteiger partial charge in [-0.1, -0.05) is 35.9 Å². The third kappa shape index (κ3) is 2.71. The van der Waals surface area contributed by atoms with E-state index in [1.165, 1.54) is 17.0 Å². The number of carbonyl (C=O) groups excluding carboxylic acids is 1. The summed E-state index contributed by atoms with van der Waals surface area (Å²) in [6, 6.07) is 12.3. The molecule has 0 amide bonds. The highest BCUT2D eigenvalue weighted by atomic mass is 35.5. The Balaban J connectivity index is 2.44. The van der Waals surface area contributed by atoms with E-state index in [0.29, 0.717) is 0 Å². The molecule has 92 valence electrons. The van der Waals surface area contributed by atoms with Crippen molar-refractivity contribution in [1.29, 1.82) is 0 Å². The maximum absolute atomic E-state index is 11.1. The van der Waals surface area contributed by atoms with Gasteiger partial charge in [0.1, 0.15) is 11.9 Å². The van der Waals surface area contributed by atoms with Gasteiger partial charge in [0.15, 0.2) is 0 Å². The molecule has 0 saturated carbocycles. The Morgan fingerprint density at radius 3 is 2.56 bits per heavy atom. The molecule has 2 nitrogen and oxygen atoms in total. The molecule has 0 saturated heterocycles. The average molecular weight is 261 g/mol. The van der Waals surface area contributed by atoms with Crippen LogP contribution in [0.3, 0.4) is 0 Å². The van der Waals surface area contributed by atoms with Crippen LogP contribution in [0.5, 0.6) is 0 Å². The number of rotatable bonds is 2. The molecule has 18 heavy (non-hydrogen) atoms. The maximum atomic E-state index is 11.1. The number of fused-ring (bicyclic) bond motifs is 1. The van der Waals surface area contributed by atoms with E-state index in [-0.39, 0.29) is 0 Å². The Morgan fingerprint density at radius 1 is 1.17 bits per heavy atom. The van der Waals surface area contributed by atoms with E-state index in [1.807, 2.05) is 25.1 Å². The fraction of sp³-hybridized carbons (Fsp3) is 0.133. The van der Waals surface area contributed by atoms with Crippen LogP contribution in [0.25, 0.3) is 16.3 Å². The number of allylic oxidation sites excluding steroid dienone is 1. The van der Waals surface area contributed by atoms with E-state index in [9.17, 15) is 4.79 Å². The van der Waals surface area contributed by atoms with Gasteiger partial charge in [-0.15, -0.1) is 0 Å². The van der Waals surface area contributed by atoms with Crippen LogP contribution in [0.2, 0.25) is 0 Å². The highest BCUT2D eigenvalue weighted by Gasteiger charge is 2.02. The lowest BCUT2D eigenvalue weighted by atomic mass is 10.0. The monoisotopic (exact) mass is 260 g/mol. The molecule has 2 aromatic carbocycles. The van der Waals surface area contributed by atoms with E-state index in [2.05, 4.69) is 29.4 Å². The van der Waals surface area contributed by atoms with Gasteiger partial charge in [-0.2, -0.15) is 0 Å². The van der Waals surface area contributed by atoms with Crippen molar-refractivity contribution in [1.82, 2.24) is 0 Å². The van der Waals surface area contributed by atoms with Crippen LogP contribution in [-0.2, 0) is 9.08 Å². The van der Waals surface area contributed by atoms with E-state index < -0.39 is 5.97 Å². The fourth-order valence-electron chi connectivity index (χ4n) is 1.89. The zero-order chi connectivity index (χ0) is 13.1. The standard InChI is InChI=1S/C15H13ClO2/c1-10-3-4-14-9-12(5-6-13(14)7-10)11(2)8-15(17)18-16/h3-9H,1-2H3/b11-8+. The zero-order valence-electron chi connectivity index (χ0n) is 10.2. The molecule has 3 heteroatoms. The first kappa shape index (κ1) is 12.7. The lowest BCUT2D eigenvalue weighted by molar-refractivity contribution is -0.128. The minimum absolute atomic E-state index is 0.557. The van der Waals surface area contributed by atoms with Crippen molar-refractivity contribution in [3.05, 3.63) is 53.6 Å². The second-order valence-corrected chi connectivity index (χ2v) is 4.44. The van der Waals surface area contributed by atoms with Crippen molar-refractivity contribution < 1.29 is 9.08 Å². The molecule has 0 aromatic heterocycles. The van der Waals surface area contributed by atoms with Crippen molar-refractivity contribution in [3.63, 3.8) is 0 Å². The number of aryl methyl sites for hydroxylation is 1. The SMILES string of the molecule is C/C(=C\C(=O)OCl)c1ccc2cc(C)ccc2c1. The normalized spacial score (nSPS) is 11.6. The van der Waals surface area contributed by atoms with Gasteiger partial charge >= 0.3 is 5.97 Å². The van der Waals surface area contributed by atoms with Crippen molar-refractivity contribution in [3.8, 4) is 0 Å². The molecule has 0 aliphatic heterocycles. The first-order chi connectivity index (χ1) is 8.60. The van der Waals surface area contributed by atoms with Crippen LogP contribution in [0.4, 0.5) is 0 Å². The van der Waals surface area contributed by atoms with Crippen LogP contribution in [0.15, 0.2) is 42.5 Å². The fourth-order valence-corrected chi connectivity index (χ4v) is 1.94. The molecule has 0 spiro atoms. The molecule has 0 unspecified atom stereocenters. The molecular weight excluding hydrogens is 248 g/mol. The topological polar surface area (TPSA) is 26.3 Å². The molecule has 2 rings (SSSR count). The lowest BCUT2D eigenvalue weighted by Gasteiger charge is -2.04. The quantitative estimate of drug-likeness (QED) is 0.755. The van der Waals surface area contributed by atoms with E-state index in [0.717, 1.165) is 16.5 Å². The predicted molar refractivity (Wildman–Crippen MR) is 74.3 cm³/mol. The molecule has 0 heterocycles. The number of benzene rings is 2. The highest BCUT2D eigenvalue weighted by molar-refractivity contribution is 6.15. The minimum Gasteiger partial charge on any atom is -0.344 e. The van der Waals surface area contributed by atoms with Crippen molar-refractivity contribution >= 4 is 34.2 Å². The van der Waals surface area contributed by atoms with Gasteiger partial charge in [-0.25, -0.2) is 4.79 Å². The number of hydrogen-bond acceptors (Lipinski definition) is 2. The Bertz CT molecular complexity index is 629. The molecule has 0 aliphatic rings.